The number of hydrazine groups is 1. The van der Waals surface area contributed by atoms with Crippen molar-refractivity contribution in [3.63, 3.8) is 0 Å². The van der Waals surface area contributed by atoms with Gasteiger partial charge in [-0.1, -0.05) is 18.2 Å². The number of hydrogen-bond acceptors (Lipinski definition) is 6. The van der Waals surface area contributed by atoms with Crippen LogP contribution in [0.25, 0.3) is 5.70 Å². The molecule has 2 atom stereocenters. The number of benzene rings is 1. The summed E-state index contributed by atoms with van der Waals surface area (Å²) in [5.41, 5.74) is 7.97. The molecule has 0 saturated heterocycles. The van der Waals surface area contributed by atoms with Gasteiger partial charge in [0, 0.05) is 31.2 Å². The highest BCUT2D eigenvalue weighted by Gasteiger charge is 2.31. The first-order chi connectivity index (χ1) is 14.1. The van der Waals surface area contributed by atoms with Gasteiger partial charge < -0.3 is 15.2 Å². The monoisotopic (exact) mass is 424 g/mol. The Hall–Kier alpha value is -2.48. The van der Waals surface area contributed by atoms with Gasteiger partial charge in [-0.05, 0) is 47.7 Å². The molecule has 2 N–H and O–H groups in total. The van der Waals surface area contributed by atoms with E-state index in [0.717, 1.165) is 16.7 Å². The maximum absolute atomic E-state index is 13.4. The number of thioether (sulfide) groups is 1. The molecule has 0 amide bonds. The highest BCUT2D eigenvalue weighted by molar-refractivity contribution is 8.00. The Kier molecular flexibility index (Phi) is 4.73. The van der Waals surface area contributed by atoms with Crippen LogP contribution in [-0.2, 0) is 0 Å². The Labute approximate surface area is 178 Å². The molecular formula is C22H21FN4S2. The van der Waals surface area contributed by atoms with Crippen LogP contribution in [0.3, 0.4) is 0 Å². The lowest BCUT2D eigenvalue weighted by atomic mass is 9.93. The Morgan fingerprint density at radius 1 is 1.10 bits per heavy atom. The van der Waals surface area contributed by atoms with Crippen molar-refractivity contribution in [1.82, 2.24) is 20.7 Å². The lowest BCUT2D eigenvalue weighted by molar-refractivity contribution is 0.331. The van der Waals surface area contributed by atoms with Gasteiger partial charge in [0.25, 0.3) is 0 Å². The Balaban J connectivity index is 1.46. The second kappa shape index (κ2) is 7.40. The van der Waals surface area contributed by atoms with E-state index in [1.807, 2.05) is 35.5 Å². The van der Waals surface area contributed by atoms with Crippen molar-refractivity contribution in [2.45, 2.75) is 16.4 Å². The summed E-state index contributed by atoms with van der Waals surface area (Å²) in [5.74, 6) is -0.219. The zero-order valence-corrected chi connectivity index (χ0v) is 17.7. The van der Waals surface area contributed by atoms with E-state index < -0.39 is 0 Å². The van der Waals surface area contributed by atoms with Crippen molar-refractivity contribution < 1.29 is 4.39 Å². The molecule has 7 heteroatoms. The number of fused-ring (bicyclic) bond motifs is 1. The van der Waals surface area contributed by atoms with E-state index in [2.05, 4.69) is 64.8 Å². The highest BCUT2D eigenvalue weighted by atomic mass is 32.2. The predicted octanol–water partition coefficient (Wildman–Crippen LogP) is 4.67. The first-order valence-corrected chi connectivity index (χ1v) is 11.4. The molecule has 3 aliphatic heterocycles. The van der Waals surface area contributed by atoms with E-state index >= 15 is 0 Å². The minimum atomic E-state index is -0.219. The van der Waals surface area contributed by atoms with Gasteiger partial charge in [-0.3, -0.25) is 0 Å². The molecule has 4 heterocycles. The van der Waals surface area contributed by atoms with E-state index in [1.54, 1.807) is 11.8 Å². The van der Waals surface area contributed by atoms with Crippen molar-refractivity contribution in [2.24, 2.45) is 0 Å². The molecule has 1 aromatic carbocycles. The molecule has 2 aromatic rings. The van der Waals surface area contributed by atoms with Gasteiger partial charge in [-0.15, -0.1) is 23.1 Å². The van der Waals surface area contributed by atoms with Crippen LogP contribution in [0.2, 0.25) is 0 Å². The van der Waals surface area contributed by atoms with Crippen molar-refractivity contribution in [3.05, 3.63) is 94.6 Å². The van der Waals surface area contributed by atoms with Crippen molar-refractivity contribution in [2.75, 3.05) is 13.3 Å². The van der Waals surface area contributed by atoms with E-state index in [1.165, 1.54) is 26.9 Å². The Morgan fingerprint density at radius 3 is 2.69 bits per heavy atom. The molecule has 5 rings (SSSR count). The molecule has 0 fully saturated rings. The molecule has 0 bridgehead atoms. The standard InChI is InChI=1S/C22H21FN4S2/c1-26-13-17(22(25-26)14-3-6-16(23)7-4-14)15-5-9-20-24-11-18(27(20)12-15)19-8-10-21(28-2)29-19/h3-13,20,22,24-25H,1-2H3. The van der Waals surface area contributed by atoms with Crippen molar-refractivity contribution in [3.8, 4) is 0 Å². The van der Waals surface area contributed by atoms with E-state index in [-0.39, 0.29) is 18.0 Å². The van der Waals surface area contributed by atoms with Gasteiger partial charge in [-0.2, -0.15) is 0 Å². The van der Waals surface area contributed by atoms with Crippen molar-refractivity contribution >= 4 is 28.8 Å². The molecule has 29 heavy (non-hydrogen) atoms. The third-order valence-electron chi connectivity index (χ3n) is 5.25. The average molecular weight is 425 g/mol. The number of nitrogens with zero attached hydrogens (tertiary/aromatic N) is 2. The van der Waals surface area contributed by atoms with Gasteiger partial charge in [0.15, 0.2) is 0 Å². The zero-order chi connectivity index (χ0) is 20.0. The third kappa shape index (κ3) is 3.39. The minimum Gasteiger partial charge on any atom is -0.366 e. The molecular weight excluding hydrogens is 403 g/mol. The molecule has 148 valence electrons. The summed E-state index contributed by atoms with van der Waals surface area (Å²) < 4.78 is 14.7. The second-order valence-electron chi connectivity index (χ2n) is 7.12. The highest BCUT2D eigenvalue weighted by Crippen LogP contribution is 2.39. The summed E-state index contributed by atoms with van der Waals surface area (Å²) >= 11 is 3.58. The molecule has 2 unspecified atom stereocenters. The van der Waals surface area contributed by atoms with Crippen LogP contribution in [0, 0.1) is 5.82 Å². The van der Waals surface area contributed by atoms with Crippen LogP contribution in [0.15, 0.2) is 82.5 Å². The van der Waals surface area contributed by atoms with Crippen LogP contribution in [0.5, 0.6) is 0 Å². The molecule has 4 nitrogen and oxygen atoms in total. The van der Waals surface area contributed by atoms with Gasteiger partial charge in [0.2, 0.25) is 0 Å². The summed E-state index contributed by atoms with van der Waals surface area (Å²) in [5, 5.41) is 5.41. The van der Waals surface area contributed by atoms with E-state index in [9.17, 15) is 4.39 Å². The van der Waals surface area contributed by atoms with Crippen LogP contribution in [0.4, 0.5) is 4.39 Å². The molecule has 0 radical (unpaired) electrons. The number of rotatable bonds is 4. The predicted molar refractivity (Wildman–Crippen MR) is 118 cm³/mol. The Bertz CT molecular complexity index is 1050. The molecule has 0 saturated carbocycles. The first kappa shape index (κ1) is 18.5. The maximum atomic E-state index is 13.4. The third-order valence-corrected chi connectivity index (χ3v) is 7.44. The van der Waals surface area contributed by atoms with Crippen LogP contribution in [0.1, 0.15) is 16.5 Å². The normalized spacial score (nSPS) is 22.9. The smallest absolute Gasteiger partial charge is 0.123 e. The van der Waals surface area contributed by atoms with Crippen LogP contribution in [-0.4, -0.2) is 29.4 Å². The fourth-order valence-electron chi connectivity index (χ4n) is 3.84. The zero-order valence-electron chi connectivity index (χ0n) is 16.1. The van der Waals surface area contributed by atoms with Crippen molar-refractivity contribution in [1.29, 1.82) is 0 Å². The quantitative estimate of drug-likeness (QED) is 0.697. The van der Waals surface area contributed by atoms with Gasteiger partial charge in [-0.25, -0.2) is 9.82 Å². The van der Waals surface area contributed by atoms with Gasteiger partial charge in [0.05, 0.1) is 20.8 Å². The number of halogens is 1. The summed E-state index contributed by atoms with van der Waals surface area (Å²) in [6.45, 7) is 0. The van der Waals surface area contributed by atoms with Crippen LogP contribution < -0.4 is 10.7 Å². The summed E-state index contributed by atoms with van der Waals surface area (Å²) in [7, 11) is 1.98. The lowest BCUT2D eigenvalue weighted by Crippen LogP contribution is -2.33. The average Bonchev–Trinajstić information content (AvgIpc) is 3.45. The van der Waals surface area contributed by atoms with E-state index in [4.69, 9.17) is 0 Å². The SMILES string of the molecule is CSc1ccc(C2=CNC3C=CC(C4=CN(C)NC4c4ccc(F)cc4)=CN23)s1. The fourth-order valence-corrected chi connectivity index (χ4v) is 5.40. The minimum absolute atomic E-state index is 0.0131. The van der Waals surface area contributed by atoms with Crippen LogP contribution >= 0.6 is 23.1 Å². The molecule has 3 aliphatic rings. The number of allylic oxidation sites excluding steroid dienone is 1. The van der Waals surface area contributed by atoms with Gasteiger partial charge in [0.1, 0.15) is 12.0 Å². The lowest BCUT2D eigenvalue weighted by Gasteiger charge is -2.28. The summed E-state index contributed by atoms with van der Waals surface area (Å²) in [4.78, 5) is 3.53. The first-order valence-electron chi connectivity index (χ1n) is 9.38. The second-order valence-corrected chi connectivity index (χ2v) is 9.31. The number of thiophene rings is 1. The number of hydrogen-bond donors (Lipinski definition) is 2. The largest absolute Gasteiger partial charge is 0.366 e. The summed E-state index contributed by atoms with van der Waals surface area (Å²) in [6, 6.07) is 11.1. The number of nitrogens with one attached hydrogen (secondary N) is 2. The fraction of sp³-hybridized carbons (Fsp3) is 0.182. The maximum Gasteiger partial charge on any atom is 0.123 e. The molecule has 1 aromatic heterocycles. The molecule has 0 aliphatic carbocycles. The van der Waals surface area contributed by atoms with Gasteiger partial charge >= 0.3 is 0 Å². The summed E-state index contributed by atoms with van der Waals surface area (Å²) in [6.07, 6.45) is 13.0. The molecule has 0 spiro atoms. The van der Waals surface area contributed by atoms with E-state index in [0.29, 0.717) is 0 Å². The Morgan fingerprint density at radius 2 is 1.93 bits per heavy atom. The topological polar surface area (TPSA) is 30.5 Å².